The van der Waals surface area contributed by atoms with Crippen LogP contribution in [0.1, 0.15) is 40.4 Å². The zero-order valence-electron chi connectivity index (χ0n) is 15.3. The molecule has 1 N–H and O–H groups in total. The van der Waals surface area contributed by atoms with Gasteiger partial charge in [0, 0.05) is 37.7 Å². The third-order valence-electron chi connectivity index (χ3n) is 5.60. The molecule has 2 aliphatic heterocycles. The van der Waals surface area contributed by atoms with Crippen molar-refractivity contribution in [3.8, 4) is 5.75 Å². The van der Waals surface area contributed by atoms with Crippen molar-refractivity contribution < 1.29 is 9.53 Å². The summed E-state index contributed by atoms with van der Waals surface area (Å²) in [5.74, 6) is 0.926. The topological polar surface area (TPSA) is 41.6 Å². The van der Waals surface area contributed by atoms with Crippen LogP contribution < -0.4 is 10.1 Å². The number of carbonyl (C=O) groups is 1. The van der Waals surface area contributed by atoms with Crippen molar-refractivity contribution >= 4 is 5.91 Å². The maximum absolute atomic E-state index is 12.6. The van der Waals surface area contributed by atoms with Crippen LogP contribution in [0.4, 0.5) is 0 Å². The van der Waals surface area contributed by atoms with Crippen molar-refractivity contribution in [1.82, 2.24) is 10.2 Å². The molecule has 0 saturated carbocycles. The molecule has 136 valence electrons. The minimum absolute atomic E-state index is 0.00978. The van der Waals surface area contributed by atoms with Crippen LogP contribution in [-0.4, -0.2) is 36.5 Å². The van der Waals surface area contributed by atoms with Crippen LogP contribution >= 0.6 is 0 Å². The molecule has 4 rings (SSSR count). The van der Waals surface area contributed by atoms with Gasteiger partial charge >= 0.3 is 0 Å². The highest BCUT2D eigenvalue weighted by atomic mass is 16.5. The van der Waals surface area contributed by atoms with Gasteiger partial charge in [-0.3, -0.25) is 9.69 Å². The molecule has 1 atom stereocenters. The van der Waals surface area contributed by atoms with Gasteiger partial charge in [0.25, 0.3) is 5.91 Å². The molecule has 4 heteroatoms. The number of nitrogens with zero attached hydrogens (tertiary/aromatic N) is 1. The summed E-state index contributed by atoms with van der Waals surface area (Å²) < 4.78 is 5.52. The second-order valence-electron chi connectivity index (χ2n) is 7.18. The van der Waals surface area contributed by atoms with Crippen LogP contribution in [0.2, 0.25) is 0 Å². The average molecular weight is 350 g/mol. The summed E-state index contributed by atoms with van der Waals surface area (Å²) >= 11 is 0. The predicted octanol–water partition coefficient (Wildman–Crippen LogP) is 3.19. The van der Waals surface area contributed by atoms with Gasteiger partial charge < -0.3 is 10.1 Å². The van der Waals surface area contributed by atoms with Crippen LogP contribution in [0.3, 0.4) is 0 Å². The Labute approximate surface area is 155 Å². The molecule has 0 aliphatic carbocycles. The molecule has 1 unspecified atom stereocenters. The van der Waals surface area contributed by atoms with Crippen LogP contribution in [0.5, 0.6) is 5.75 Å². The number of nitrogens with one attached hydrogen (secondary N) is 1. The normalized spacial score (nSPS) is 17.1. The minimum Gasteiger partial charge on any atom is -0.493 e. The summed E-state index contributed by atoms with van der Waals surface area (Å²) in [7, 11) is 0. The summed E-state index contributed by atoms with van der Waals surface area (Å²) in [4.78, 5) is 15.1. The Morgan fingerprint density at radius 3 is 2.85 bits per heavy atom. The fourth-order valence-electron chi connectivity index (χ4n) is 4.00. The number of amides is 1. The first kappa shape index (κ1) is 17.1. The molecule has 0 bridgehead atoms. The van der Waals surface area contributed by atoms with Gasteiger partial charge in [-0.1, -0.05) is 31.2 Å². The Hall–Kier alpha value is -2.33. The molecule has 2 aliphatic rings. The molecular weight excluding hydrogens is 324 g/mol. The van der Waals surface area contributed by atoms with Gasteiger partial charge in [0.1, 0.15) is 5.75 Å². The highest BCUT2D eigenvalue weighted by Crippen LogP contribution is 2.26. The summed E-state index contributed by atoms with van der Waals surface area (Å²) in [6, 6.07) is 14.8. The number of hydrogen-bond donors (Lipinski definition) is 1. The van der Waals surface area contributed by atoms with E-state index in [0.29, 0.717) is 12.6 Å². The second-order valence-corrected chi connectivity index (χ2v) is 7.18. The van der Waals surface area contributed by atoms with Crippen molar-refractivity contribution in [2.45, 2.75) is 38.8 Å². The third-order valence-corrected chi connectivity index (χ3v) is 5.60. The molecule has 2 heterocycles. The fourth-order valence-corrected chi connectivity index (χ4v) is 4.00. The number of rotatable bonds is 5. The highest BCUT2D eigenvalue weighted by molar-refractivity contribution is 5.94. The maximum atomic E-state index is 12.6. The van der Waals surface area contributed by atoms with E-state index in [1.165, 1.54) is 11.1 Å². The van der Waals surface area contributed by atoms with Crippen LogP contribution in [0, 0.1) is 0 Å². The van der Waals surface area contributed by atoms with Crippen LogP contribution in [-0.2, 0) is 19.4 Å². The van der Waals surface area contributed by atoms with Gasteiger partial charge in [0.2, 0.25) is 0 Å². The molecule has 0 saturated heterocycles. The van der Waals surface area contributed by atoms with E-state index in [4.69, 9.17) is 4.74 Å². The van der Waals surface area contributed by atoms with E-state index in [0.717, 1.165) is 55.8 Å². The average Bonchev–Trinajstić information content (AvgIpc) is 3.16. The molecule has 0 fully saturated rings. The Morgan fingerprint density at radius 2 is 2.00 bits per heavy atom. The molecule has 2 aromatic carbocycles. The second kappa shape index (κ2) is 7.50. The first-order valence-corrected chi connectivity index (χ1v) is 9.59. The number of benzene rings is 2. The lowest BCUT2D eigenvalue weighted by molar-refractivity contribution is 0.0926. The first-order chi connectivity index (χ1) is 12.7. The van der Waals surface area contributed by atoms with E-state index in [-0.39, 0.29) is 5.91 Å². The van der Waals surface area contributed by atoms with Crippen molar-refractivity contribution in [1.29, 1.82) is 0 Å². The minimum atomic E-state index is 0.00978. The highest BCUT2D eigenvalue weighted by Gasteiger charge is 2.23. The fraction of sp³-hybridized carbons (Fsp3) is 0.409. The van der Waals surface area contributed by atoms with E-state index >= 15 is 0 Å². The van der Waals surface area contributed by atoms with Gasteiger partial charge in [0.15, 0.2) is 0 Å². The summed E-state index contributed by atoms with van der Waals surface area (Å²) in [5.41, 5.74) is 4.75. The number of fused-ring (bicyclic) bond motifs is 2. The monoisotopic (exact) mass is 350 g/mol. The third kappa shape index (κ3) is 3.47. The number of ether oxygens (including phenoxy) is 1. The van der Waals surface area contributed by atoms with Gasteiger partial charge in [-0.05, 0) is 47.7 Å². The van der Waals surface area contributed by atoms with Crippen molar-refractivity contribution in [3.05, 3.63) is 64.7 Å². The number of carbonyl (C=O) groups excluding carboxylic acids is 1. The van der Waals surface area contributed by atoms with Gasteiger partial charge in [-0.2, -0.15) is 0 Å². The largest absolute Gasteiger partial charge is 0.493 e. The smallest absolute Gasteiger partial charge is 0.251 e. The SMILES string of the molecule is CCC(CNC(=O)c1ccc2c(c1)CCO2)N1CCc2ccccc2C1. The zero-order chi connectivity index (χ0) is 17.9. The lowest BCUT2D eigenvalue weighted by Gasteiger charge is -2.35. The molecule has 1 amide bonds. The Morgan fingerprint density at radius 1 is 1.15 bits per heavy atom. The molecule has 0 radical (unpaired) electrons. The lowest BCUT2D eigenvalue weighted by atomic mass is 9.98. The summed E-state index contributed by atoms with van der Waals surface area (Å²) in [5, 5.41) is 3.14. The maximum Gasteiger partial charge on any atom is 0.251 e. The lowest BCUT2D eigenvalue weighted by Crippen LogP contribution is -2.45. The van der Waals surface area contributed by atoms with Crippen molar-refractivity contribution in [2.75, 3.05) is 19.7 Å². The van der Waals surface area contributed by atoms with E-state index in [9.17, 15) is 4.79 Å². The molecule has 2 aromatic rings. The predicted molar refractivity (Wildman–Crippen MR) is 103 cm³/mol. The Balaban J connectivity index is 1.37. The molecule has 4 nitrogen and oxygen atoms in total. The van der Waals surface area contributed by atoms with E-state index in [1.807, 2.05) is 18.2 Å². The summed E-state index contributed by atoms with van der Waals surface area (Å²) in [6.07, 6.45) is 3.01. The van der Waals surface area contributed by atoms with Gasteiger partial charge in [0.05, 0.1) is 6.61 Å². The number of hydrogen-bond acceptors (Lipinski definition) is 3. The molecule has 26 heavy (non-hydrogen) atoms. The van der Waals surface area contributed by atoms with Gasteiger partial charge in [-0.25, -0.2) is 0 Å². The van der Waals surface area contributed by atoms with E-state index < -0.39 is 0 Å². The zero-order valence-corrected chi connectivity index (χ0v) is 15.3. The van der Waals surface area contributed by atoms with Gasteiger partial charge in [-0.15, -0.1) is 0 Å². The van der Waals surface area contributed by atoms with Crippen LogP contribution in [0.25, 0.3) is 0 Å². The first-order valence-electron chi connectivity index (χ1n) is 9.59. The quantitative estimate of drug-likeness (QED) is 0.900. The van der Waals surface area contributed by atoms with Crippen molar-refractivity contribution in [3.63, 3.8) is 0 Å². The Kier molecular flexibility index (Phi) is 4.93. The van der Waals surface area contributed by atoms with Crippen molar-refractivity contribution in [2.24, 2.45) is 0 Å². The van der Waals surface area contributed by atoms with Crippen LogP contribution in [0.15, 0.2) is 42.5 Å². The standard InChI is InChI=1S/C22H26N2O2/c1-2-20(24-11-9-16-5-3-4-6-19(16)15-24)14-23-22(25)18-7-8-21-17(13-18)10-12-26-21/h3-8,13,20H,2,9-12,14-15H2,1H3,(H,23,25). The van der Waals surface area contributed by atoms with E-state index in [1.54, 1.807) is 0 Å². The summed E-state index contributed by atoms with van der Waals surface area (Å²) in [6.45, 7) is 5.63. The molecule has 0 spiro atoms. The molecule has 0 aromatic heterocycles. The molecular formula is C22H26N2O2. The Bertz CT molecular complexity index is 802. The van der Waals surface area contributed by atoms with E-state index in [2.05, 4.69) is 41.4 Å².